The van der Waals surface area contributed by atoms with Crippen molar-refractivity contribution in [2.24, 2.45) is 0 Å². The van der Waals surface area contributed by atoms with Crippen molar-refractivity contribution < 1.29 is 18.9 Å². The van der Waals surface area contributed by atoms with Gasteiger partial charge in [0.1, 0.15) is 0 Å². The minimum Gasteiger partial charge on any atom is -0.379 e. The molecule has 21 heavy (non-hydrogen) atoms. The van der Waals surface area contributed by atoms with E-state index in [2.05, 4.69) is 18.7 Å². The van der Waals surface area contributed by atoms with Crippen LogP contribution < -0.4 is 0 Å². The van der Waals surface area contributed by atoms with Gasteiger partial charge in [-0.3, -0.25) is 4.90 Å². The van der Waals surface area contributed by atoms with Crippen LogP contribution in [0.25, 0.3) is 0 Å². The van der Waals surface area contributed by atoms with Crippen LogP contribution in [0.3, 0.4) is 0 Å². The summed E-state index contributed by atoms with van der Waals surface area (Å²) in [4.78, 5) is 2.40. The van der Waals surface area contributed by atoms with Gasteiger partial charge >= 0.3 is 0 Å². The number of hydrogen-bond acceptors (Lipinski definition) is 5. The van der Waals surface area contributed by atoms with E-state index in [0.29, 0.717) is 6.61 Å². The van der Waals surface area contributed by atoms with Gasteiger partial charge in [0, 0.05) is 26.2 Å². The van der Waals surface area contributed by atoms with Crippen LogP contribution >= 0.6 is 0 Å². The monoisotopic (exact) mass is 301 g/mol. The highest BCUT2D eigenvalue weighted by Crippen LogP contribution is 2.30. The first-order chi connectivity index (χ1) is 10.1. The summed E-state index contributed by atoms with van der Waals surface area (Å²) in [6.45, 7) is 13.2. The Kier molecular flexibility index (Phi) is 6.89. The van der Waals surface area contributed by atoms with Gasteiger partial charge < -0.3 is 18.9 Å². The second kappa shape index (κ2) is 8.44. The number of morpholine rings is 1. The third kappa shape index (κ3) is 5.49. The van der Waals surface area contributed by atoms with Crippen LogP contribution in [0.1, 0.15) is 33.6 Å². The molecule has 0 saturated carbocycles. The molecule has 0 aliphatic carbocycles. The highest BCUT2D eigenvalue weighted by Gasteiger charge is 2.37. The first-order valence-corrected chi connectivity index (χ1v) is 8.29. The van der Waals surface area contributed by atoms with E-state index >= 15 is 0 Å². The standard InChI is InChI=1S/C16H31NO4/c1-4-18-13-14-5-6-15(21-14)16(2,3)20-12-9-17-7-10-19-11-8-17/h14-15H,4-13H2,1-3H3. The molecule has 0 amide bonds. The Hall–Kier alpha value is -0.200. The Morgan fingerprint density at radius 2 is 1.95 bits per heavy atom. The smallest absolute Gasteiger partial charge is 0.0887 e. The average molecular weight is 301 g/mol. The highest BCUT2D eigenvalue weighted by molar-refractivity contribution is 4.87. The topological polar surface area (TPSA) is 40.2 Å². The molecule has 124 valence electrons. The molecule has 2 saturated heterocycles. The summed E-state index contributed by atoms with van der Waals surface area (Å²) < 4.78 is 23.0. The van der Waals surface area contributed by atoms with E-state index in [1.807, 2.05) is 6.92 Å². The summed E-state index contributed by atoms with van der Waals surface area (Å²) in [7, 11) is 0. The van der Waals surface area contributed by atoms with E-state index < -0.39 is 0 Å². The van der Waals surface area contributed by atoms with Crippen LogP contribution in [0.2, 0.25) is 0 Å². The minimum atomic E-state index is -0.229. The van der Waals surface area contributed by atoms with Crippen molar-refractivity contribution in [3.8, 4) is 0 Å². The molecule has 2 aliphatic rings. The molecular weight excluding hydrogens is 270 g/mol. The maximum atomic E-state index is 6.12. The lowest BCUT2D eigenvalue weighted by molar-refractivity contribution is -0.133. The van der Waals surface area contributed by atoms with Gasteiger partial charge in [-0.05, 0) is 33.6 Å². The van der Waals surface area contributed by atoms with Gasteiger partial charge in [-0.2, -0.15) is 0 Å². The van der Waals surface area contributed by atoms with E-state index in [-0.39, 0.29) is 17.8 Å². The first-order valence-electron chi connectivity index (χ1n) is 8.29. The fourth-order valence-corrected chi connectivity index (χ4v) is 2.94. The molecule has 0 aromatic heterocycles. The SMILES string of the molecule is CCOCC1CCC(C(C)(C)OCCN2CCOCC2)O1. The van der Waals surface area contributed by atoms with E-state index in [0.717, 1.165) is 58.9 Å². The van der Waals surface area contributed by atoms with Crippen molar-refractivity contribution in [2.45, 2.75) is 51.4 Å². The molecule has 2 unspecified atom stereocenters. The van der Waals surface area contributed by atoms with Crippen LogP contribution in [0.5, 0.6) is 0 Å². The number of ether oxygens (including phenoxy) is 4. The fraction of sp³-hybridized carbons (Fsp3) is 1.00. The number of rotatable bonds is 8. The molecule has 0 N–H and O–H groups in total. The zero-order valence-corrected chi connectivity index (χ0v) is 13.8. The molecule has 2 aliphatic heterocycles. The van der Waals surface area contributed by atoms with E-state index in [4.69, 9.17) is 18.9 Å². The molecule has 2 rings (SSSR count). The third-order valence-corrected chi connectivity index (χ3v) is 4.38. The van der Waals surface area contributed by atoms with Crippen LogP contribution in [-0.4, -0.2) is 75.4 Å². The largest absolute Gasteiger partial charge is 0.379 e. The summed E-state index contributed by atoms with van der Waals surface area (Å²) >= 11 is 0. The Morgan fingerprint density at radius 3 is 2.67 bits per heavy atom. The molecule has 0 aromatic rings. The summed E-state index contributed by atoms with van der Waals surface area (Å²) in [6, 6.07) is 0. The highest BCUT2D eigenvalue weighted by atomic mass is 16.6. The van der Waals surface area contributed by atoms with Gasteiger partial charge in [-0.15, -0.1) is 0 Å². The predicted molar refractivity (Wildman–Crippen MR) is 81.7 cm³/mol. The molecule has 2 fully saturated rings. The molecule has 5 nitrogen and oxygen atoms in total. The van der Waals surface area contributed by atoms with Crippen molar-refractivity contribution in [1.82, 2.24) is 4.90 Å². The van der Waals surface area contributed by atoms with Gasteiger partial charge in [0.2, 0.25) is 0 Å². The molecular formula is C16H31NO4. The van der Waals surface area contributed by atoms with Crippen molar-refractivity contribution >= 4 is 0 Å². The minimum absolute atomic E-state index is 0.174. The summed E-state index contributed by atoms with van der Waals surface area (Å²) in [5.74, 6) is 0. The van der Waals surface area contributed by atoms with Crippen molar-refractivity contribution in [3.63, 3.8) is 0 Å². The summed E-state index contributed by atoms with van der Waals surface area (Å²) in [5, 5.41) is 0. The Morgan fingerprint density at radius 1 is 1.19 bits per heavy atom. The van der Waals surface area contributed by atoms with E-state index in [9.17, 15) is 0 Å². The number of nitrogens with zero attached hydrogens (tertiary/aromatic N) is 1. The second-order valence-corrected chi connectivity index (χ2v) is 6.39. The van der Waals surface area contributed by atoms with Crippen LogP contribution in [0, 0.1) is 0 Å². The fourth-order valence-electron chi connectivity index (χ4n) is 2.94. The lowest BCUT2D eigenvalue weighted by atomic mass is 9.98. The predicted octanol–water partition coefficient (Wildman–Crippen LogP) is 1.70. The molecule has 0 bridgehead atoms. The van der Waals surface area contributed by atoms with Gasteiger partial charge in [0.05, 0.1) is 44.2 Å². The molecule has 2 atom stereocenters. The van der Waals surface area contributed by atoms with Crippen molar-refractivity contribution in [2.75, 3.05) is 52.7 Å². The Bertz CT molecular complexity index is 292. The van der Waals surface area contributed by atoms with Crippen LogP contribution in [-0.2, 0) is 18.9 Å². The summed E-state index contributed by atoms with van der Waals surface area (Å²) in [6.07, 6.45) is 2.54. The van der Waals surface area contributed by atoms with E-state index in [1.165, 1.54) is 0 Å². The maximum Gasteiger partial charge on any atom is 0.0887 e. The normalized spacial score (nSPS) is 28.1. The van der Waals surface area contributed by atoms with Gasteiger partial charge in [-0.25, -0.2) is 0 Å². The van der Waals surface area contributed by atoms with E-state index in [1.54, 1.807) is 0 Å². The maximum absolute atomic E-state index is 6.12. The van der Waals surface area contributed by atoms with Gasteiger partial charge in [0.15, 0.2) is 0 Å². The molecule has 0 spiro atoms. The van der Waals surface area contributed by atoms with Crippen molar-refractivity contribution in [1.29, 1.82) is 0 Å². The van der Waals surface area contributed by atoms with Gasteiger partial charge in [-0.1, -0.05) is 0 Å². The van der Waals surface area contributed by atoms with Crippen LogP contribution in [0.15, 0.2) is 0 Å². The van der Waals surface area contributed by atoms with Crippen molar-refractivity contribution in [3.05, 3.63) is 0 Å². The summed E-state index contributed by atoms with van der Waals surface area (Å²) in [5.41, 5.74) is -0.229. The molecule has 5 heteroatoms. The molecule has 0 aromatic carbocycles. The second-order valence-electron chi connectivity index (χ2n) is 6.39. The quantitative estimate of drug-likeness (QED) is 0.682. The lowest BCUT2D eigenvalue weighted by Crippen LogP contribution is -2.43. The average Bonchev–Trinajstić information content (AvgIpc) is 2.96. The molecule has 0 radical (unpaired) electrons. The third-order valence-electron chi connectivity index (χ3n) is 4.38. The van der Waals surface area contributed by atoms with Crippen LogP contribution in [0.4, 0.5) is 0 Å². The number of hydrogen-bond donors (Lipinski definition) is 0. The zero-order chi connectivity index (χ0) is 15.1. The Labute approximate surface area is 128 Å². The molecule has 2 heterocycles. The zero-order valence-electron chi connectivity index (χ0n) is 13.8. The van der Waals surface area contributed by atoms with Gasteiger partial charge in [0.25, 0.3) is 0 Å². The lowest BCUT2D eigenvalue weighted by Gasteiger charge is -2.33. The first kappa shape index (κ1) is 17.2. The Balaban J connectivity index is 1.66.